The standard InChI is InChI=1S/C16H24N2O.ClH/c1-14-7-6-8-15(13-14)17-16(19)9-12-18-10-4-2-3-5-11-18;/h6-8,13H,2-5,9-12H2,1H3,(H,17,19);1H. The Bertz CT molecular complexity index is 415. The first kappa shape index (κ1) is 17.0. The third-order valence-corrected chi connectivity index (χ3v) is 3.66. The molecule has 20 heavy (non-hydrogen) atoms. The third kappa shape index (κ3) is 5.93. The zero-order valence-corrected chi connectivity index (χ0v) is 13.0. The molecule has 0 saturated carbocycles. The fourth-order valence-corrected chi connectivity index (χ4v) is 2.57. The zero-order valence-electron chi connectivity index (χ0n) is 12.2. The first-order valence-electron chi connectivity index (χ1n) is 7.33. The van der Waals surface area contributed by atoms with Crippen LogP contribution in [-0.2, 0) is 4.79 Å². The molecular weight excluding hydrogens is 272 g/mol. The molecule has 0 aliphatic carbocycles. The van der Waals surface area contributed by atoms with Gasteiger partial charge in [0.25, 0.3) is 0 Å². The number of halogens is 1. The van der Waals surface area contributed by atoms with Crippen LogP contribution in [0.25, 0.3) is 0 Å². The van der Waals surface area contributed by atoms with Gasteiger partial charge < -0.3 is 10.2 Å². The van der Waals surface area contributed by atoms with Crippen LogP contribution in [0.2, 0.25) is 0 Å². The van der Waals surface area contributed by atoms with Crippen molar-refractivity contribution in [1.29, 1.82) is 0 Å². The van der Waals surface area contributed by atoms with Crippen LogP contribution in [0.1, 0.15) is 37.7 Å². The number of hydrogen-bond donors (Lipinski definition) is 1. The summed E-state index contributed by atoms with van der Waals surface area (Å²) in [5, 5.41) is 2.97. The Morgan fingerprint density at radius 3 is 2.55 bits per heavy atom. The van der Waals surface area contributed by atoms with Crippen LogP contribution in [0.3, 0.4) is 0 Å². The number of anilines is 1. The topological polar surface area (TPSA) is 32.3 Å². The van der Waals surface area contributed by atoms with Crippen molar-refractivity contribution in [2.75, 3.05) is 25.0 Å². The Hall–Kier alpha value is -1.06. The normalized spacial score (nSPS) is 16.1. The van der Waals surface area contributed by atoms with E-state index in [1.165, 1.54) is 31.2 Å². The van der Waals surface area contributed by atoms with Crippen LogP contribution < -0.4 is 5.32 Å². The van der Waals surface area contributed by atoms with Crippen molar-refractivity contribution < 1.29 is 4.79 Å². The van der Waals surface area contributed by atoms with Crippen LogP contribution in [-0.4, -0.2) is 30.4 Å². The van der Waals surface area contributed by atoms with Gasteiger partial charge >= 0.3 is 0 Å². The fourth-order valence-electron chi connectivity index (χ4n) is 2.57. The van der Waals surface area contributed by atoms with Crippen LogP contribution >= 0.6 is 12.4 Å². The Morgan fingerprint density at radius 1 is 1.20 bits per heavy atom. The first-order valence-corrected chi connectivity index (χ1v) is 7.33. The highest BCUT2D eigenvalue weighted by Crippen LogP contribution is 2.12. The monoisotopic (exact) mass is 296 g/mol. The van der Waals surface area contributed by atoms with Gasteiger partial charge in [0.1, 0.15) is 0 Å². The Balaban J connectivity index is 0.00000200. The number of nitrogens with one attached hydrogen (secondary N) is 1. The van der Waals surface area contributed by atoms with E-state index >= 15 is 0 Å². The number of rotatable bonds is 4. The Labute approximate surface area is 128 Å². The fraction of sp³-hybridized carbons (Fsp3) is 0.562. The molecule has 4 heteroatoms. The maximum Gasteiger partial charge on any atom is 0.225 e. The highest BCUT2D eigenvalue weighted by molar-refractivity contribution is 5.90. The van der Waals surface area contributed by atoms with Crippen molar-refractivity contribution in [2.24, 2.45) is 0 Å². The van der Waals surface area contributed by atoms with Crippen molar-refractivity contribution >= 4 is 24.0 Å². The van der Waals surface area contributed by atoms with E-state index in [9.17, 15) is 4.79 Å². The molecule has 0 unspecified atom stereocenters. The molecule has 2 rings (SSSR count). The molecule has 0 bridgehead atoms. The average Bonchev–Trinajstić information content (AvgIpc) is 2.65. The summed E-state index contributed by atoms with van der Waals surface area (Å²) >= 11 is 0. The predicted molar refractivity (Wildman–Crippen MR) is 86.6 cm³/mol. The summed E-state index contributed by atoms with van der Waals surface area (Å²) in [6, 6.07) is 7.95. The molecule has 1 heterocycles. The second kappa shape index (κ2) is 8.98. The molecule has 1 aliphatic rings. The van der Waals surface area contributed by atoms with Gasteiger partial charge in [0.15, 0.2) is 0 Å². The summed E-state index contributed by atoms with van der Waals surface area (Å²) in [6.45, 7) is 5.22. The molecule has 112 valence electrons. The van der Waals surface area contributed by atoms with Crippen LogP contribution in [0.5, 0.6) is 0 Å². The van der Waals surface area contributed by atoms with Gasteiger partial charge in [-0.15, -0.1) is 12.4 Å². The maximum atomic E-state index is 11.9. The number of aryl methyl sites for hydroxylation is 1. The van der Waals surface area contributed by atoms with Gasteiger partial charge in [-0.05, 0) is 50.6 Å². The largest absolute Gasteiger partial charge is 0.326 e. The number of hydrogen-bond acceptors (Lipinski definition) is 2. The lowest BCUT2D eigenvalue weighted by Gasteiger charge is -2.19. The Kier molecular flexibility index (Phi) is 7.63. The SMILES string of the molecule is Cc1cccc(NC(=O)CCN2CCCCCC2)c1.Cl. The second-order valence-electron chi connectivity index (χ2n) is 5.42. The minimum Gasteiger partial charge on any atom is -0.326 e. The summed E-state index contributed by atoms with van der Waals surface area (Å²) in [6.07, 6.45) is 5.82. The molecule has 1 aliphatic heterocycles. The van der Waals surface area contributed by atoms with Gasteiger partial charge in [0.05, 0.1) is 0 Å². The lowest BCUT2D eigenvalue weighted by atomic mass is 10.2. The molecule has 1 amide bonds. The summed E-state index contributed by atoms with van der Waals surface area (Å²) in [5.41, 5.74) is 2.08. The molecule has 1 fully saturated rings. The number of likely N-dealkylation sites (tertiary alicyclic amines) is 1. The van der Waals surface area contributed by atoms with Gasteiger partial charge in [-0.1, -0.05) is 25.0 Å². The zero-order chi connectivity index (χ0) is 13.5. The summed E-state index contributed by atoms with van der Waals surface area (Å²) in [7, 11) is 0. The molecule has 0 atom stereocenters. The predicted octanol–water partition coefficient (Wildman–Crippen LogP) is 3.62. The van der Waals surface area contributed by atoms with E-state index in [2.05, 4.69) is 10.2 Å². The second-order valence-corrected chi connectivity index (χ2v) is 5.42. The van der Waals surface area contributed by atoms with Gasteiger partial charge in [-0.3, -0.25) is 4.79 Å². The highest BCUT2D eigenvalue weighted by atomic mass is 35.5. The third-order valence-electron chi connectivity index (χ3n) is 3.66. The van der Waals surface area contributed by atoms with E-state index in [0.29, 0.717) is 6.42 Å². The lowest BCUT2D eigenvalue weighted by Crippen LogP contribution is -2.28. The summed E-state index contributed by atoms with van der Waals surface area (Å²) in [5.74, 6) is 0.120. The molecule has 0 spiro atoms. The van der Waals surface area contributed by atoms with E-state index < -0.39 is 0 Å². The van der Waals surface area contributed by atoms with E-state index in [0.717, 1.165) is 25.3 Å². The molecular formula is C16H25ClN2O. The van der Waals surface area contributed by atoms with Gasteiger partial charge in [0, 0.05) is 18.7 Å². The minimum atomic E-state index is 0. The van der Waals surface area contributed by atoms with Gasteiger partial charge in [-0.25, -0.2) is 0 Å². The van der Waals surface area contributed by atoms with Crippen LogP contribution in [0.4, 0.5) is 5.69 Å². The molecule has 1 aromatic carbocycles. The van der Waals surface area contributed by atoms with Crippen molar-refractivity contribution in [2.45, 2.75) is 39.0 Å². The molecule has 1 saturated heterocycles. The molecule has 0 aromatic heterocycles. The summed E-state index contributed by atoms with van der Waals surface area (Å²) in [4.78, 5) is 14.3. The van der Waals surface area contributed by atoms with Crippen molar-refractivity contribution in [1.82, 2.24) is 4.90 Å². The molecule has 0 radical (unpaired) electrons. The van der Waals surface area contributed by atoms with Crippen molar-refractivity contribution in [3.63, 3.8) is 0 Å². The molecule has 1 aromatic rings. The smallest absolute Gasteiger partial charge is 0.225 e. The number of nitrogens with zero attached hydrogens (tertiary/aromatic N) is 1. The minimum absolute atomic E-state index is 0. The Morgan fingerprint density at radius 2 is 1.90 bits per heavy atom. The van der Waals surface area contributed by atoms with Crippen molar-refractivity contribution in [3.05, 3.63) is 29.8 Å². The number of carbonyl (C=O) groups is 1. The molecule has 1 N–H and O–H groups in total. The summed E-state index contributed by atoms with van der Waals surface area (Å²) < 4.78 is 0. The lowest BCUT2D eigenvalue weighted by molar-refractivity contribution is -0.116. The van der Waals surface area contributed by atoms with Crippen molar-refractivity contribution in [3.8, 4) is 0 Å². The highest BCUT2D eigenvalue weighted by Gasteiger charge is 2.10. The molecule has 3 nitrogen and oxygen atoms in total. The van der Waals surface area contributed by atoms with E-state index in [1.807, 2.05) is 31.2 Å². The maximum absolute atomic E-state index is 11.9. The number of carbonyl (C=O) groups excluding carboxylic acids is 1. The van der Waals surface area contributed by atoms with Gasteiger partial charge in [-0.2, -0.15) is 0 Å². The quantitative estimate of drug-likeness (QED) is 0.920. The first-order chi connectivity index (χ1) is 9.24. The van der Waals surface area contributed by atoms with Crippen LogP contribution in [0.15, 0.2) is 24.3 Å². The van der Waals surface area contributed by atoms with E-state index in [1.54, 1.807) is 0 Å². The van der Waals surface area contributed by atoms with E-state index in [4.69, 9.17) is 0 Å². The van der Waals surface area contributed by atoms with E-state index in [-0.39, 0.29) is 18.3 Å². The van der Waals surface area contributed by atoms with Crippen LogP contribution in [0, 0.1) is 6.92 Å². The average molecular weight is 297 g/mol. The van der Waals surface area contributed by atoms with Gasteiger partial charge in [0.2, 0.25) is 5.91 Å². The number of benzene rings is 1. The number of amides is 1.